The Hall–Kier alpha value is -1.89. The monoisotopic (exact) mass is 473 g/mol. The van der Waals surface area contributed by atoms with Crippen molar-refractivity contribution in [1.29, 1.82) is 5.26 Å². The fourth-order valence-electron chi connectivity index (χ4n) is 3.04. The first-order valence-electron chi connectivity index (χ1n) is 8.53. The van der Waals surface area contributed by atoms with E-state index in [0.29, 0.717) is 36.6 Å². The van der Waals surface area contributed by atoms with Crippen molar-refractivity contribution >= 4 is 35.8 Å². The average molecular weight is 473 g/mol. The topological polar surface area (TPSA) is 94.5 Å². The second-order valence-corrected chi connectivity index (χ2v) is 6.21. The molecule has 1 aromatic rings. The first-order valence-corrected chi connectivity index (χ1v) is 8.53. The van der Waals surface area contributed by atoms with Crippen LogP contribution in [0.3, 0.4) is 0 Å². The summed E-state index contributed by atoms with van der Waals surface area (Å²) in [5.74, 6) is 0.222. The number of likely N-dealkylation sites (tertiary alicyclic amines) is 1. The van der Waals surface area contributed by atoms with Gasteiger partial charge in [-0.15, -0.1) is 24.0 Å². The van der Waals surface area contributed by atoms with Gasteiger partial charge < -0.3 is 16.0 Å². The Bertz CT molecular complexity index is 689. The third-order valence-corrected chi connectivity index (χ3v) is 4.22. The number of nitriles is 1. The van der Waals surface area contributed by atoms with E-state index in [2.05, 4.69) is 15.2 Å². The van der Waals surface area contributed by atoms with Gasteiger partial charge in [-0.2, -0.15) is 5.26 Å². The third-order valence-electron chi connectivity index (χ3n) is 4.22. The van der Waals surface area contributed by atoms with Gasteiger partial charge in [0.2, 0.25) is 5.91 Å². The molecule has 1 aliphatic heterocycles. The van der Waals surface area contributed by atoms with Gasteiger partial charge in [-0.25, -0.2) is 9.38 Å². The first-order chi connectivity index (χ1) is 12.0. The Balaban J connectivity index is 0.00000338. The average Bonchev–Trinajstić information content (AvgIpc) is 2.59. The highest BCUT2D eigenvalue weighted by Crippen LogP contribution is 2.20. The number of halogens is 2. The number of nitrogens with zero attached hydrogens (tertiary/aromatic N) is 3. The Kier molecular flexibility index (Phi) is 9.34. The van der Waals surface area contributed by atoms with Crippen LogP contribution in [0.4, 0.5) is 4.39 Å². The van der Waals surface area contributed by atoms with Crippen LogP contribution in [0.25, 0.3) is 0 Å². The lowest BCUT2D eigenvalue weighted by Gasteiger charge is -2.34. The zero-order valence-corrected chi connectivity index (χ0v) is 17.2. The largest absolute Gasteiger partial charge is 0.370 e. The first kappa shape index (κ1) is 22.2. The zero-order chi connectivity index (χ0) is 18.2. The number of nitrogens with one attached hydrogen (secondary N) is 1. The lowest BCUT2D eigenvalue weighted by molar-refractivity contribution is -0.119. The summed E-state index contributed by atoms with van der Waals surface area (Å²) < 4.78 is 14.0. The molecule has 3 N–H and O–H groups in total. The normalized spacial score (nSPS) is 17.2. The van der Waals surface area contributed by atoms with Gasteiger partial charge in [0, 0.05) is 31.6 Å². The molecule has 8 heteroatoms. The second-order valence-electron chi connectivity index (χ2n) is 6.21. The lowest BCUT2D eigenvalue weighted by atomic mass is 9.95. The van der Waals surface area contributed by atoms with E-state index in [1.165, 1.54) is 6.07 Å². The predicted octanol–water partition coefficient (Wildman–Crippen LogP) is 2.37. The van der Waals surface area contributed by atoms with E-state index in [1.807, 2.05) is 13.0 Å². The molecule has 1 amide bonds. The van der Waals surface area contributed by atoms with E-state index in [4.69, 9.17) is 11.0 Å². The number of primary amides is 1. The molecule has 6 nitrogen and oxygen atoms in total. The van der Waals surface area contributed by atoms with Gasteiger partial charge in [0.25, 0.3) is 0 Å². The third kappa shape index (κ3) is 6.44. The van der Waals surface area contributed by atoms with Gasteiger partial charge in [0.05, 0.1) is 18.2 Å². The van der Waals surface area contributed by atoms with Crippen molar-refractivity contribution < 1.29 is 9.18 Å². The van der Waals surface area contributed by atoms with Crippen molar-refractivity contribution in [3.8, 4) is 6.07 Å². The van der Waals surface area contributed by atoms with E-state index in [1.54, 1.807) is 12.1 Å². The van der Waals surface area contributed by atoms with Crippen LogP contribution in [-0.4, -0.2) is 36.4 Å². The van der Waals surface area contributed by atoms with Crippen LogP contribution in [0.15, 0.2) is 23.2 Å². The summed E-state index contributed by atoms with van der Waals surface area (Å²) in [7, 11) is 0. The van der Waals surface area contributed by atoms with Crippen molar-refractivity contribution in [2.24, 2.45) is 16.6 Å². The molecule has 0 spiro atoms. The molecular weight excluding hydrogens is 448 g/mol. The van der Waals surface area contributed by atoms with Crippen molar-refractivity contribution in [2.45, 2.75) is 32.7 Å². The van der Waals surface area contributed by atoms with Crippen LogP contribution in [0.2, 0.25) is 0 Å². The smallest absolute Gasteiger partial charge is 0.217 e. The summed E-state index contributed by atoms with van der Waals surface area (Å²) in [6, 6.07) is 6.32. The molecule has 26 heavy (non-hydrogen) atoms. The molecule has 1 saturated heterocycles. The van der Waals surface area contributed by atoms with Gasteiger partial charge in [0.1, 0.15) is 5.82 Å². The minimum atomic E-state index is -0.427. The minimum absolute atomic E-state index is 0. The fraction of sp³-hybridized carbons (Fsp3) is 0.500. The molecule has 1 fully saturated rings. The second kappa shape index (κ2) is 11.0. The highest BCUT2D eigenvalue weighted by Gasteiger charge is 2.23. The number of carbonyl (C=O) groups excluding carboxylic acids is 1. The number of benzene rings is 1. The van der Waals surface area contributed by atoms with Crippen molar-refractivity contribution in [1.82, 2.24) is 10.2 Å². The van der Waals surface area contributed by atoms with Crippen LogP contribution < -0.4 is 11.1 Å². The number of nitrogens with two attached hydrogens (primary N) is 1. The Morgan fingerprint density at radius 2 is 2.31 bits per heavy atom. The van der Waals surface area contributed by atoms with Crippen LogP contribution in [0, 0.1) is 23.1 Å². The summed E-state index contributed by atoms with van der Waals surface area (Å²) in [6.07, 6.45) is 2.32. The number of hydrogen-bond donors (Lipinski definition) is 2. The van der Waals surface area contributed by atoms with Crippen molar-refractivity contribution in [3.63, 3.8) is 0 Å². The number of hydrogen-bond acceptors (Lipinski definition) is 3. The Labute approximate surface area is 170 Å². The number of amides is 1. The molecule has 1 unspecified atom stereocenters. The predicted molar refractivity (Wildman–Crippen MR) is 109 cm³/mol. The summed E-state index contributed by atoms with van der Waals surface area (Å²) in [5, 5.41) is 12.0. The number of carbonyl (C=O) groups is 1. The molecule has 0 saturated carbocycles. The summed E-state index contributed by atoms with van der Waals surface area (Å²) in [6.45, 7) is 4.42. The molecule has 0 aliphatic carbocycles. The van der Waals surface area contributed by atoms with Gasteiger partial charge in [-0.1, -0.05) is 6.07 Å². The van der Waals surface area contributed by atoms with E-state index in [-0.39, 0.29) is 42.3 Å². The van der Waals surface area contributed by atoms with Gasteiger partial charge in [0.15, 0.2) is 5.96 Å². The molecule has 2 rings (SSSR count). The van der Waals surface area contributed by atoms with Crippen LogP contribution in [0.1, 0.15) is 37.3 Å². The van der Waals surface area contributed by atoms with E-state index < -0.39 is 5.82 Å². The van der Waals surface area contributed by atoms with E-state index >= 15 is 0 Å². The van der Waals surface area contributed by atoms with Crippen LogP contribution in [-0.2, 0) is 11.3 Å². The van der Waals surface area contributed by atoms with Crippen molar-refractivity contribution in [3.05, 3.63) is 35.1 Å². The van der Waals surface area contributed by atoms with Gasteiger partial charge >= 0.3 is 0 Å². The van der Waals surface area contributed by atoms with Gasteiger partial charge in [-0.3, -0.25) is 4.79 Å². The van der Waals surface area contributed by atoms with E-state index in [9.17, 15) is 9.18 Å². The zero-order valence-electron chi connectivity index (χ0n) is 14.9. The molecule has 1 aromatic carbocycles. The quantitative estimate of drug-likeness (QED) is 0.390. The highest BCUT2D eigenvalue weighted by molar-refractivity contribution is 14.0. The Morgan fingerprint density at radius 3 is 2.92 bits per heavy atom. The minimum Gasteiger partial charge on any atom is -0.370 e. The molecular formula is C18H25FIN5O. The number of aliphatic imine (C=N–C) groups is 1. The standard InChI is InChI=1S/C18H24FN5O.HI/c1-2-22-18(24-7-3-4-14(12-24)9-17(21)25)23-11-15-6-5-13(10-20)8-16(15)19;/h5-6,8,14H,2-4,7,9,11-12H2,1H3,(H2,21,25)(H,22,23);1H. The molecule has 0 bridgehead atoms. The summed E-state index contributed by atoms with van der Waals surface area (Å²) >= 11 is 0. The van der Waals surface area contributed by atoms with Crippen LogP contribution >= 0.6 is 24.0 Å². The summed E-state index contributed by atoms with van der Waals surface area (Å²) in [5.41, 5.74) is 6.05. The number of rotatable bonds is 5. The fourth-order valence-corrected chi connectivity index (χ4v) is 3.04. The van der Waals surface area contributed by atoms with Crippen molar-refractivity contribution in [2.75, 3.05) is 19.6 Å². The van der Waals surface area contributed by atoms with Crippen LogP contribution in [0.5, 0.6) is 0 Å². The maximum atomic E-state index is 14.0. The molecule has 0 radical (unpaired) electrons. The van der Waals surface area contributed by atoms with E-state index in [0.717, 1.165) is 19.4 Å². The van der Waals surface area contributed by atoms with Gasteiger partial charge in [-0.05, 0) is 37.8 Å². The Morgan fingerprint density at radius 1 is 1.54 bits per heavy atom. The summed E-state index contributed by atoms with van der Waals surface area (Å²) in [4.78, 5) is 17.8. The number of piperidine rings is 1. The maximum absolute atomic E-state index is 14.0. The SMILES string of the molecule is CCNC(=NCc1ccc(C#N)cc1F)N1CCCC(CC(N)=O)C1.I. The molecule has 1 aliphatic rings. The number of guanidine groups is 1. The molecule has 0 aromatic heterocycles. The molecule has 1 heterocycles. The lowest BCUT2D eigenvalue weighted by Crippen LogP contribution is -2.47. The maximum Gasteiger partial charge on any atom is 0.217 e. The molecule has 1 atom stereocenters. The highest BCUT2D eigenvalue weighted by atomic mass is 127. The molecule has 142 valence electrons.